The number of hydrogen-bond donors (Lipinski definition) is 2. The van der Waals surface area contributed by atoms with Gasteiger partial charge < -0.3 is 16.2 Å². The molecule has 0 aliphatic heterocycles. The summed E-state index contributed by atoms with van der Waals surface area (Å²) in [5.41, 5.74) is 9.63. The molecule has 0 spiro atoms. The van der Waals surface area contributed by atoms with E-state index in [4.69, 9.17) is 16.2 Å². The van der Waals surface area contributed by atoms with Gasteiger partial charge in [-0.3, -0.25) is 4.79 Å². The first-order valence-corrected chi connectivity index (χ1v) is 6.57. The van der Waals surface area contributed by atoms with Crippen LogP contribution in [0.4, 0.5) is 13.2 Å². The van der Waals surface area contributed by atoms with Crippen molar-refractivity contribution in [3.8, 4) is 5.88 Å². The Morgan fingerprint density at radius 2 is 1.86 bits per heavy atom. The summed E-state index contributed by atoms with van der Waals surface area (Å²) in [5.74, 6) is -1.24. The van der Waals surface area contributed by atoms with Crippen molar-refractivity contribution in [2.24, 2.45) is 11.5 Å². The number of aromatic nitrogens is 1. The number of amides is 1. The van der Waals surface area contributed by atoms with Crippen LogP contribution in [0.25, 0.3) is 0 Å². The lowest BCUT2D eigenvalue weighted by Gasteiger charge is -2.27. The zero-order valence-corrected chi connectivity index (χ0v) is 11.2. The molecule has 5 nitrogen and oxygen atoms in total. The minimum Gasteiger partial charge on any atom is -0.474 e. The van der Waals surface area contributed by atoms with Crippen molar-refractivity contribution < 1.29 is 22.7 Å². The Morgan fingerprint density at radius 3 is 2.38 bits per heavy atom. The number of primary amides is 1. The molecule has 8 heteroatoms. The van der Waals surface area contributed by atoms with Gasteiger partial charge in [0.15, 0.2) is 0 Å². The van der Waals surface area contributed by atoms with E-state index in [0.717, 1.165) is 18.9 Å². The van der Waals surface area contributed by atoms with Crippen molar-refractivity contribution in [1.82, 2.24) is 4.98 Å². The van der Waals surface area contributed by atoms with Gasteiger partial charge in [-0.15, -0.1) is 0 Å². The van der Waals surface area contributed by atoms with E-state index < -0.39 is 17.8 Å². The highest BCUT2D eigenvalue weighted by molar-refractivity contribution is 5.95. The molecule has 1 heterocycles. The number of carbonyl (C=O) groups is 1. The van der Waals surface area contributed by atoms with Crippen LogP contribution in [0.15, 0.2) is 12.1 Å². The van der Waals surface area contributed by atoms with E-state index in [1.807, 2.05) is 0 Å². The molecule has 0 aromatic carbocycles. The Morgan fingerprint density at radius 1 is 1.24 bits per heavy atom. The molecule has 1 aromatic heterocycles. The lowest BCUT2D eigenvalue weighted by Crippen LogP contribution is -2.32. The molecule has 0 atom stereocenters. The summed E-state index contributed by atoms with van der Waals surface area (Å²) < 4.78 is 43.5. The highest BCUT2D eigenvalue weighted by Gasteiger charge is 2.34. The number of hydrogen-bond acceptors (Lipinski definition) is 4. The third-order valence-electron chi connectivity index (χ3n) is 3.41. The van der Waals surface area contributed by atoms with Crippen LogP contribution in [0.1, 0.15) is 41.7 Å². The zero-order valence-electron chi connectivity index (χ0n) is 11.2. The summed E-state index contributed by atoms with van der Waals surface area (Å²) in [6.45, 7) is 0. The van der Waals surface area contributed by atoms with Gasteiger partial charge >= 0.3 is 6.18 Å². The largest absolute Gasteiger partial charge is 0.474 e. The minimum absolute atomic E-state index is 0.0786. The fourth-order valence-electron chi connectivity index (χ4n) is 2.24. The number of rotatable bonds is 3. The predicted molar refractivity (Wildman–Crippen MR) is 68.6 cm³/mol. The Labute approximate surface area is 119 Å². The Bertz CT molecular complexity index is 526. The van der Waals surface area contributed by atoms with Gasteiger partial charge in [-0.05, 0) is 37.8 Å². The van der Waals surface area contributed by atoms with Crippen molar-refractivity contribution in [3.63, 3.8) is 0 Å². The van der Waals surface area contributed by atoms with Gasteiger partial charge in [-0.1, -0.05) is 0 Å². The molecule has 0 unspecified atom stereocenters. The maximum atomic E-state index is 12.7. The van der Waals surface area contributed by atoms with Gasteiger partial charge in [0.1, 0.15) is 17.4 Å². The Balaban J connectivity index is 2.24. The van der Waals surface area contributed by atoms with Crippen LogP contribution >= 0.6 is 0 Å². The lowest BCUT2D eigenvalue weighted by atomic mass is 9.94. The van der Waals surface area contributed by atoms with Crippen LogP contribution in [0.3, 0.4) is 0 Å². The topological polar surface area (TPSA) is 91.2 Å². The number of nitrogens with two attached hydrogens (primary N) is 2. The first kappa shape index (κ1) is 15.6. The van der Waals surface area contributed by atoms with E-state index in [1.165, 1.54) is 0 Å². The lowest BCUT2D eigenvalue weighted by molar-refractivity contribution is -0.141. The second-order valence-corrected chi connectivity index (χ2v) is 5.07. The van der Waals surface area contributed by atoms with Gasteiger partial charge in [-0.2, -0.15) is 13.2 Å². The summed E-state index contributed by atoms with van der Waals surface area (Å²) in [4.78, 5) is 14.7. The van der Waals surface area contributed by atoms with Crippen LogP contribution in [-0.4, -0.2) is 23.0 Å². The molecule has 2 rings (SSSR count). The smallest absolute Gasteiger partial charge is 0.433 e. The van der Waals surface area contributed by atoms with E-state index in [0.29, 0.717) is 18.9 Å². The number of ether oxygens (including phenoxy) is 1. The van der Waals surface area contributed by atoms with E-state index >= 15 is 0 Å². The van der Waals surface area contributed by atoms with Crippen LogP contribution < -0.4 is 16.2 Å². The summed E-state index contributed by atoms with van der Waals surface area (Å²) >= 11 is 0. The van der Waals surface area contributed by atoms with Crippen LogP contribution in [0.5, 0.6) is 5.88 Å². The van der Waals surface area contributed by atoms with Crippen molar-refractivity contribution in [1.29, 1.82) is 0 Å². The third kappa shape index (κ3) is 3.84. The molecule has 1 aromatic rings. The molecular weight excluding hydrogens is 287 g/mol. The standard InChI is InChI=1S/C13H16F3N3O2/c14-13(15,16)10-6-5-9(11(18)20)12(19-10)21-8-3-1-7(17)2-4-8/h5-8H,1-4,17H2,(H2,18,20). The van der Waals surface area contributed by atoms with E-state index in [9.17, 15) is 18.0 Å². The molecule has 0 saturated heterocycles. The van der Waals surface area contributed by atoms with E-state index in [1.54, 1.807) is 0 Å². The second-order valence-electron chi connectivity index (χ2n) is 5.07. The number of nitrogens with zero attached hydrogens (tertiary/aromatic N) is 1. The SMILES string of the molecule is NC(=O)c1ccc(C(F)(F)F)nc1OC1CCC(N)CC1. The molecule has 21 heavy (non-hydrogen) atoms. The van der Waals surface area contributed by atoms with E-state index in [-0.39, 0.29) is 23.6 Å². The van der Waals surface area contributed by atoms with Crippen LogP contribution in [0.2, 0.25) is 0 Å². The summed E-state index contributed by atoms with van der Waals surface area (Å²) in [6.07, 6.45) is -2.26. The van der Waals surface area contributed by atoms with Gasteiger partial charge in [0, 0.05) is 6.04 Å². The maximum absolute atomic E-state index is 12.7. The fraction of sp³-hybridized carbons (Fsp3) is 0.538. The number of pyridine rings is 1. The highest BCUT2D eigenvalue weighted by atomic mass is 19.4. The molecule has 4 N–H and O–H groups in total. The first-order valence-electron chi connectivity index (χ1n) is 6.57. The number of carbonyl (C=O) groups excluding carboxylic acids is 1. The molecule has 1 aliphatic rings. The number of alkyl halides is 3. The van der Waals surface area contributed by atoms with Crippen molar-refractivity contribution in [3.05, 3.63) is 23.4 Å². The van der Waals surface area contributed by atoms with Crippen molar-refractivity contribution >= 4 is 5.91 Å². The minimum atomic E-state index is -4.61. The Hall–Kier alpha value is -1.83. The van der Waals surface area contributed by atoms with Crippen LogP contribution in [-0.2, 0) is 6.18 Å². The van der Waals surface area contributed by atoms with Gasteiger partial charge in [-0.25, -0.2) is 4.98 Å². The van der Waals surface area contributed by atoms with Crippen molar-refractivity contribution in [2.75, 3.05) is 0 Å². The first-order chi connectivity index (χ1) is 9.77. The Kier molecular flexibility index (Phi) is 4.36. The maximum Gasteiger partial charge on any atom is 0.433 e. The average Bonchev–Trinajstić information content (AvgIpc) is 2.40. The summed E-state index contributed by atoms with van der Waals surface area (Å²) in [7, 11) is 0. The molecule has 1 fully saturated rings. The molecular formula is C13H16F3N3O2. The normalized spacial score (nSPS) is 22.9. The monoisotopic (exact) mass is 303 g/mol. The average molecular weight is 303 g/mol. The summed E-state index contributed by atoms with van der Waals surface area (Å²) in [6, 6.07) is 1.78. The van der Waals surface area contributed by atoms with Gasteiger partial charge in [0.2, 0.25) is 5.88 Å². The van der Waals surface area contributed by atoms with Crippen molar-refractivity contribution in [2.45, 2.75) is 44.0 Å². The molecule has 1 aliphatic carbocycles. The fourth-order valence-corrected chi connectivity index (χ4v) is 2.24. The van der Waals surface area contributed by atoms with E-state index in [2.05, 4.69) is 4.98 Å². The van der Waals surface area contributed by atoms with Crippen LogP contribution in [0, 0.1) is 0 Å². The summed E-state index contributed by atoms with van der Waals surface area (Å²) in [5, 5.41) is 0. The molecule has 1 saturated carbocycles. The third-order valence-corrected chi connectivity index (χ3v) is 3.41. The molecule has 0 radical (unpaired) electrons. The predicted octanol–water partition coefficient (Wildman–Crippen LogP) is 1.85. The molecule has 1 amide bonds. The molecule has 0 bridgehead atoms. The molecule has 116 valence electrons. The second kappa shape index (κ2) is 5.88. The van der Waals surface area contributed by atoms with Gasteiger partial charge in [0.25, 0.3) is 5.91 Å². The highest BCUT2D eigenvalue weighted by Crippen LogP contribution is 2.31. The zero-order chi connectivity index (χ0) is 15.6. The number of halogens is 3. The van der Waals surface area contributed by atoms with Gasteiger partial charge in [0.05, 0.1) is 0 Å². The quantitative estimate of drug-likeness (QED) is 0.891.